The lowest BCUT2D eigenvalue weighted by Gasteiger charge is -1.81. The van der Waals surface area contributed by atoms with Gasteiger partial charge in [0, 0.05) is 12.1 Å². The zero-order valence-corrected chi connectivity index (χ0v) is 6.83. The van der Waals surface area contributed by atoms with Crippen molar-refractivity contribution in [1.82, 2.24) is 0 Å². The van der Waals surface area contributed by atoms with Crippen LogP contribution in [0.4, 0.5) is 5.69 Å². The minimum Gasteiger partial charge on any atom is -0.398 e. The van der Waals surface area contributed by atoms with Crippen molar-refractivity contribution in [3.05, 3.63) is 53.6 Å². The summed E-state index contributed by atoms with van der Waals surface area (Å²) >= 11 is 0. The first-order valence-electron chi connectivity index (χ1n) is 4.07. The molecule has 1 nitrogen and oxygen atoms in total. The van der Waals surface area contributed by atoms with E-state index in [1.54, 1.807) is 0 Å². The quantitative estimate of drug-likeness (QED) is 0.624. The van der Waals surface area contributed by atoms with Crippen LogP contribution < -0.4 is 5.73 Å². The number of rotatable bonds is 0. The van der Waals surface area contributed by atoms with Gasteiger partial charge < -0.3 is 5.73 Å². The lowest BCUT2D eigenvalue weighted by atomic mass is 10.3. The van der Waals surface area contributed by atoms with Crippen molar-refractivity contribution in [2.24, 2.45) is 0 Å². The van der Waals surface area contributed by atoms with Gasteiger partial charge in [-0.2, -0.15) is 0 Å². The molecule has 0 saturated heterocycles. The summed E-state index contributed by atoms with van der Waals surface area (Å²) in [5, 5.41) is 0. The summed E-state index contributed by atoms with van der Waals surface area (Å²) in [6, 6.07) is 14.1. The Hall–Kier alpha value is -1.50. The summed E-state index contributed by atoms with van der Waals surface area (Å²) in [5.41, 5.74) is 9.37. The summed E-state index contributed by atoms with van der Waals surface area (Å²) in [6.07, 6.45) is 1.06. The maximum atomic E-state index is 5.80. The molecule has 0 spiro atoms. The smallest absolute Gasteiger partial charge is 0.0352 e. The van der Waals surface area contributed by atoms with Crippen molar-refractivity contribution in [3.8, 4) is 0 Å². The second kappa shape index (κ2) is 2.86. The van der Waals surface area contributed by atoms with E-state index < -0.39 is 0 Å². The van der Waals surface area contributed by atoms with Gasteiger partial charge in [0.15, 0.2) is 0 Å². The minimum absolute atomic E-state index is 0.904. The second-order valence-corrected chi connectivity index (χ2v) is 2.93. The van der Waals surface area contributed by atoms with Crippen LogP contribution in [0, 0.1) is 0 Å². The van der Waals surface area contributed by atoms with Crippen LogP contribution in [0.5, 0.6) is 0 Å². The van der Waals surface area contributed by atoms with E-state index in [1.165, 1.54) is 11.1 Å². The summed E-state index contributed by atoms with van der Waals surface area (Å²) < 4.78 is 0. The molecule has 0 heterocycles. The standard InChI is InChI=1S/C11H11N/c12-11-7-5-3-1-2-4-6-9-8-10(9)11/h1-7H,8,12H2. The van der Waals surface area contributed by atoms with Crippen molar-refractivity contribution in [1.29, 1.82) is 0 Å². The average molecular weight is 157 g/mol. The van der Waals surface area contributed by atoms with Gasteiger partial charge in [-0.25, -0.2) is 0 Å². The number of fused-ring (bicyclic) bond motifs is 1. The van der Waals surface area contributed by atoms with Gasteiger partial charge in [-0.3, -0.25) is 0 Å². The number of nitrogen functional groups attached to an aromatic ring is 1. The maximum Gasteiger partial charge on any atom is 0.0352 e. The predicted octanol–water partition coefficient (Wildman–Crippen LogP) is 2.30. The molecule has 0 aromatic heterocycles. The molecule has 0 aliphatic heterocycles. The van der Waals surface area contributed by atoms with Gasteiger partial charge in [-0.15, -0.1) is 0 Å². The lowest BCUT2D eigenvalue weighted by Crippen LogP contribution is -1.80. The van der Waals surface area contributed by atoms with E-state index in [2.05, 4.69) is 6.07 Å². The number of anilines is 1. The molecule has 60 valence electrons. The van der Waals surface area contributed by atoms with Crippen LogP contribution in [0.3, 0.4) is 0 Å². The van der Waals surface area contributed by atoms with Gasteiger partial charge in [-0.1, -0.05) is 36.4 Å². The first-order valence-corrected chi connectivity index (χ1v) is 4.07. The third-order valence-corrected chi connectivity index (χ3v) is 2.00. The van der Waals surface area contributed by atoms with E-state index >= 15 is 0 Å². The molecule has 0 saturated carbocycles. The lowest BCUT2D eigenvalue weighted by molar-refractivity contribution is 1.58. The third kappa shape index (κ3) is 1.40. The molecule has 1 aromatic rings. The Morgan fingerprint density at radius 3 is 2.42 bits per heavy atom. The Bertz CT molecular complexity index is 354. The van der Waals surface area contributed by atoms with Crippen LogP contribution in [-0.4, -0.2) is 0 Å². The van der Waals surface area contributed by atoms with E-state index in [-0.39, 0.29) is 0 Å². The zero-order chi connectivity index (χ0) is 8.39. The van der Waals surface area contributed by atoms with Crippen LogP contribution in [-0.2, 0) is 6.42 Å². The second-order valence-electron chi connectivity index (χ2n) is 2.93. The zero-order valence-electron chi connectivity index (χ0n) is 6.83. The van der Waals surface area contributed by atoms with Crippen LogP contribution in [0.1, 0.15) is 11.1 Å². The van der Waals surface area contributed by atoms with Gasteiger partial charge in [0.05, 0.1) is 0 Å². The van der Waals surface area contributed by atoms with Crippen molar-refractivity contribution in [2.75, 3.05) is 5.73 Å². The monoisotopic (exact) mass is 157 g/mol. The predicted molar refractivity (Wildman–Crippen MR) is 51.3 cm³/mol. The van der Waals surface area contributed by atoms with Gasteiger partial charge >= 0.3 is 0 Å². The molecular weight excluding hydrogens is 146 g/mol. The van der Waals surface area contributed by atoms with Crippen LogP contribution in [0.15, 0.2) is 42.5 Å². The Kier molecular flexibility index (Phi) is 1.71. The molecule has 0 bridgehead atoms. The van der Waals surface area contributed by atoms with E-state index in [0.29, 0.717) is 0 Å². The summed E-state index contributed by atoms with van der Waals surface area (Å²) in [6.45, 7) is 0. The fourth-order valence-corrected chi connectivity index (χ4v) is 1.22. The Morgan fingerprint density at radius 2 is 1.58 bits per heavy atom. The number of hydrogen-bond acceptors (Lipinski definition) is 1. The Balaban J connectivity index is 2.58. The van der Waals surface area contributed by atoms with E-state index in [0.717, 1.165) is 12.1 Å². The molecule has 1 aliphatic rings. The normalized spacial score (nSPS) is 11.3. The largest absolute Gasteiger partial charge is 0.398 e. The Labute approximate surface area is 72.2 Å². The molecule has 1 aromatic carbocycles. The highest BCUT2D eigenvalue weighted by Crippen LogP contribution is 2.30. The van der Waals surface area contributed by atoms with Crippen molar-refractivity contribution in [3.63, 3.8) is 0 Å². The van der Waals surface area contributed by atoms with Gasteiger partial charge in [-0.05, 0) is 17.2 Å². The van der Waals surface area contributed by atoms with Crippen molar-refractivity contribution >= 4 is 5.69 Å². The highest BCUT2D eigenvalue weighted by molar-refractivity contribution is 5.59. The fourth-order valence-electron chi connectivity index (χ4n) is 1.22. The van der Waals surface area contributed by atoms with E-state index in [1.807, 2.05) is 36.4 Å². The molecule has 0 unspecified atom stereocenters. The van der Waals surface area contributed by atoms with Gasteiger partial charge in [0.2, 0.25) is 0 Å². The molecule has 0 atom stereocenters. The average Bonchev–Trinajstić information content (AvgIpc) is 2.82. The van der Waals surface area contributed by atoms with Crippen molar-refractivity contribution < 1.29 is 0 Å². The molecule has 2 rings (SSSR count). The van der Waals surface area contributed by atoms with Crippen LogP contribution in [0.2, 0.25) is 0 Å². The topological polar surface area (TPSA) is 26.0 Å². The third-order valence-electron chi connectivity index (χ3n) is 2.00. The van der Waals surface area contributed by atoms with Crippen molar-refractivity contribution in [2.45, 2.75) is 6.42 Å². The first kappa shape index (κ1) is 7.17. The molecule has 0 amide bonds. The molecular formula is C11H11N. The first-order chi connectivity index (χ1) is 5.88. The molecule has 1 heteroatoms. The summed E-state index contributed by atoms with van der Waals surface area (Å²) in [7, 11) is 0. The molecule has 2 N–H and O–H groups in total. The fraction of sp³-hybridized carbons (Fsp3) is 0.0909. The number of hydrogen-bond donors (Lipinski definition) is 1. The molecule has 1 aliphatic carbocycles. The summed E-state index contributed by atoms with van der Waals surface area (Å²) in [4.78, 5) is 0. The van der Waals surface area contributed by atoms with Gasteiger partial charge in [0.1, 0.15) is 0 Å². The summed E-state index contributed by atoms with van der Waals surface area (Å²) in [5.74, 6) is 0. The van der Waals surface area contributed by atoms with Gasteiger partial charge in [0.25, 0.3) is 0 Å². The van der Waals surface area contributed by atoms with E-state index in [4.69, 9.17) is 5.73 Å². The van der Waals surface area contributed by atoms with E-state index in [9.17, 15) is 0 Å². The van der Waals surface area contributed by atoms with Crippen LogP contribution >= 0.6 is 0 Å². The molecule has 0 radical (unpaired) electrons. The minimum atomic E-state index is 0.904. The number of nitrogens with two attached hydrogens (primary N) is 1. The molecule has 12 heavy (non-hydrogen) atoms. The highest BCUT2D eigenvalue weighted by Gasteiger charge is 2.15. The SMILES string of the molecule is Nc1cccccccc2c1C2. The Morgan fingerprint density at radius 1 is 0.917 bits per heavy atom. The van der Waals surface area contributed by atoms with Crippen LogP contribution in [0.25, 0.3) is 0 Å². The highest BCUT2D eigenvalue weighted by atomic mass is 14.6. The molecule has 0 fully saturated rings. The maximum absolute atomic E-state index is 5.80.